The van der Waals surface area contributed by atoms with Gasteiger partial charge in [-0.2, -0.15) is 0 Å². The lowest BCUT2D eigenvalue weighted by Crippen LogP contribution is -2.30. The zero-order valence-corrected chi connectivity index (χ0v) is 18.8. The van der Waals surface area contributed by atoms with E-state index in [1.807, 2.05) is 18.2 Å². The van der Waals surface area contributed by atoms with E-state index >= 15 is 0 Å². The Bertz CT molecular complexity index is 1160. The molecule has 0 fully saturated rings. The van der Waals surface area contributed by atoms with E-state index in [0.29, 0.717) is 23.6 Å². The van der Waals surface area contributed by atoms with Crippen molar-refractivity contribution in [3.63, 3.8) is 0 Å². The van der Waals surface area contributed by atoms with Gasteiger partial charge in [-0.05, 0) is 55.0 Å². The average molecular weight is 452 g/mol. The first-order valence-corrected chi connectivity index (χ1v) is 11.8. The predicted octanol–water partition coefficient (Wildman–Crippen LogP) is 6.24. The molecule has 0 atom stereocenters. The smallest absolute Gasteiger partial charge is 0.229 e. The highest BCUT2D eigenvalue weighted by Crippen LogP contribution is 2.31. The van der Waals surface area contributed by atoms with Gasteiger partial charge in [0.25, 0.3) is 0 Å². The van der Waals surface area contributed by atoms with Crippen LogP contribution in [0.25, 0.3) is 10.2 Å². The van der Waals surface area contributed by atoms with E-state index in [9.17, 15) is 9.18 Å². The summed E-state index contributed by atoms with van der Waals surface area (Å²) in [5, 5.41) is 0.514. The van der Waals surface area contributed by atoms with E-state index < -0.39 is 0 Å². The Balaban J connectivity index is 1.47. The minimum atomic E-state index is -0.372. The minimum Gasteiger partial charge on any atom is -0.284 e. The maximum atomic E-state index is 14.2. The second-order valence-electron chi connectivity index (χ2n) is 7.19. The first-order chi connectivity index (χ1) is 15.1. The van der Waals surface area contributed by atoms with Gasteiger partial charge in [0.05, 0.1) is 11.2 Å². The van der Waals surface area contributed by atoms with Crippen LogP contribution in [0.15, 0.2) is 71.9 Å². The van der Waals surface area contributed by atoms with Crippen LogP contribution in [0.2, 0.25) is 0 Å². The Morgan fingerprint density at radius 3 is 2.71 bits per heavy atom. The molecule has 2 heterocycles. The molecular weight excluding hydrogens is 429 g/mol. The Hall–Kier alpha value is -2.77. The Morgan fingerprint density at radius 1 is 1.13 bits per heavy atom. The number of amides is 1. The van der Waals surface area contributed by atoms with E-state index in [1.165, 1.54) is 27.9 Å². The third kappa shape index (κ3) is 5.48. The highest BCUT2D eigenvalue weighted by Gasteiger charge is 2.21. The fraction of sp³-hybridized carbons (Fsp3) is 0.208. The number of aryl methyl sites for hydroxylation is 1. The average Bonchev–Trinajstić information content (AvgIpc) is 3.22. The van der Waals surface area contributed by atoms with Crippen molar-refractivity contribution >= 4 is 44.4 Å². The second kappa shape index (κ2) is 10.0. The maximum absolute atomic E-state index is 14.2. The number of nitrogens with zero attached hydrogens (tertiary/aromatic N) is 3. The van der Waals surface area contributed by atoms with E-state index in [0.717, 1.165) is 22.4 Å². The molecule has 0 aliphatic rings. The van der Waals surface area contributed by atoms with Gasteiger partial charge in [-0.15, -0.1) is 11.8 Å². The third-order valence-corrected chi connectivity index (χ3v) is 6.92. The van der Waals surface area contributed by atoms with Crippen LogP contribution in [-0.2, 0) is 11.3 Å². The summed E-state index contributed by atoms with van der Waals surface area (Å²) in [4.78, 5) is 24.6. The van der Waals surface area contributed by atoms with Crippen LogP contribution in [0.5, 0.6) is 0 Å². The molecule has 0 bridgehead atoms. The molecule has 31 heavy (non-hydrogen) atoms. The number of fused-ring (bicyclic) bond motifs is 1. The quantitative estimate of drug-likeness (QED) is 0.235. The summed E-state index contributed by atoms with van der Waals surface area (Å²) in [6.07, 6.45) is 4.59. The molecule has 0 saturated heterocycles. The van der Waals surface area contributed by atoms with Crippen molar-refractivity contribution in [2.24, 2.45) is 0 Å². The third-order valence-electron chi connectivity index (χ3n) is 4.78. The molecule has 4 rings (SSSR count). The second-order valence-corrected chi connectivity index (χ2v) is 9.37. The number of halogens is 1. The van der Waals surface area contributed by atoms with Gasteiger partial charge in [0.1, 0.15) is 11.3 Å². The van der Waals surface area contributed by atoms with Gasteiger partial charge in [0, 0.05) is 23.7 Å². The summed E-state index contributed by atoms with van der Waals surface area (Å²) in [6, 6.07) is 17.0. The summed E-state index contributed by atoms with van der Waals surface area (Å²) >= 11 is 3.08. The lowest BCUT2D eigenvalue weighted by atomic mass is 10.2. The minimum absolute atomic E-state index is 0.0205. The van der Waals surface area contributed by atoms with Gasteiger partial charge in [-0.3, -0.25) is 14.7 Å². The normalized spacial score (nSPS) is 11.0. The van der Waals surface area contributed by atoms with Crippen LogP contribution in [0.4, 0.5) is 9.52 Å². The summed E-state index contributed by atoms with van der Waals surface area (Å²) in [7, 11) is 0. The van der Waals surface area contributed by atoms with E-state index in [-0.39, 0.29) is 11.7 Å². The fourth-order valence-electron chi connectivity index (χ4n) is 3.14. The Kier molecular flexibility index (Phi) is 6.94. The Morgan fingerprint density at radius 2 is 1.97 bits per heavy atom. The lowest BCUT2D eigenvalue weighted by Gasteiger charge is -2.20. The summed E-state index contributed by atoms with van der Waals surface area (Å²) < 4.78 is 14.9. The summed E-state index contributed by atoms with van der Waals surface area (Å²) in [6.45, 7) is 2.43. The number of carbonyl (C=O) groups is 1. The van der Waals surface area contributed by atoms with E-state index in [2.05, 4.69) is 41.2 Å². The van der Waals surface area contributed by atoms with Gasteiger partial charge < -0.3 is 0 Å². The molecular formula is C24H22FN3OS2. The standard InChI is InChI=1S/C24H22FN3OS2/c1-17-9-11-19(12-10-17)30-14-4-8-22(29)28(16-18-5-3-13-26-15-18)24-27-23-20(25)6-2-7-21(23)31-24/h2-3,5-7,9-13,15H,4,8,14,16H2,1H3. The molecule has 2 aromatic carbocycles. The van der Waals surface area contributed by atoms with Gasteiger partial charge in [-0.1, -0.05) is 41.2 Å². The number of thioether (sulfide) groups is 1. The molecule has 0 aliphatic heterocycles. The molecule has 0 saturated carbocycles. The molecule has 2 aromatic heterocycles. The lowest BCUT2D eigenvalue weighted by molar-refractivity contribution is -0.118. The molecule has 1 amide bonds. The molecule has 0 unspecified atom stereocenters. The number of aromatic nitrogens is 2. The van der Waals surface area contributed by atoms with Crippen molar-refractivity contribution in [2.45, 2.75) is 31.2 Å². The van der Waals surface area contributed by atoms with Crippen molar-refractivity contribution in [3.8, 4) is 0 Å². The van der Waals surface area contributed by atoms with Gasteiger partial charge in [0.15, 0.2) is 5.13 Å². The van der Waals surface area contributed by atoms with Crippen LogP contribution in [-0.4, -0.2) is 21.6 Å². The topological polar surface area (TPSA) is 46.1 Å². The molecule has 0 N–H and O–H groups in total. The van der Waals surface area contributed by atoms with Crippen LogP contribution in [0.1, 0.15) is 24.0 Å². The number of benzene rings is 2. The predicted molar refractivity (Wildman–Crippen MR) is 126 cm³/mol. The SMILES string of the molecule is Cc1ccc(SCCCC(=O)N(Cc2cccnc2)c2nc3c(F)cccc3s2)cc1. The molecule has 0 spiro atoms. The van der Waals surface area contributed by atoms with Gasteiger partial charge in [-0.25, -0.2) is 9.37 Å². The first kappa shape index (κ1) is 21.5. The molecule has 0 aliphatic carbocycles. The fourth-order valence-corrected chi connectivity index (χ4v) is 4.99. The van der Waals surface area contributed by atoms with Gasteiger partial charge in [0.2, 0.25) is 5.91 Å². The number of hydrogen-bond acceptors (Lipinski definition) is 5. The van der Waals surface area contributed by atoms with Crippen molar-refractivity contribution < 1.29 is 9.18 Å². The van der Waals surface area contributed by atoms with Crippen molar-refractivity contribution in [2.75, 3.05) is 10.7 Å². The number of carbonyl (C=O) groups excluding carboxylic acids is 1. The highest BCUT2D eigenvalue weighted by atomic mass is 32.2. The van der Waals surface area contributed by atoms with Crippen molar-refractivity contribution in [1.82, 2.24) is 9.97 Å². The molecule has 0 radical (unpaired) electrons. The zero-order valence-electron chi connectivity index (χ0n) is 17.1. The number of hydrogen-bond donors (Lipinski definition) is 0. The maximum Gasteiger partial charge on any atom is 0.229 e. The van der Waals surface area contributed by atoms with Crippen LogP contribution < -0.4 is 4.90 Å². The van der Waals surface area contributed by atoms with Crippen molar-refractivity contribution in [3.05, 3.63) is 83.9 Å². The number of thiazole rings is 1. The summed E-state index contributed by atoms with van der Waals surface area (Å²) in [5.74, 6) is 0.459. The molecule has 4 nitrogen and oxygen atoms in total. The molecule has 158 valence electrons. The number of anilines is 1. The zero-order chi connectivity index (χ0) is 21.6. The first-order valence-electron chi connectivity index (χ1n) is 10.0. The summed E-state index contributed by atoms with van der Waals surface area (Å²) in [5.41, 5.74) is 2.45. The highest BCUT2D eigenvalue weighted by molar-refractivity contribution is 7.99. The molecule has 7 heteroatoms. The number of para-hydroxylation sites is 1. The largest absolute Gasteiger partial charge is 0.284 e. The van der Waals surface area contributed by atoms with Crippen LogP contribution >= 0.6 is 23.1 Å². The molecule has 4 aromatic rings. The van der Waals surface area contributed by atoms with E-state index in [4.69, 9.17) is 0 Å². The number of rotatable bonds is 8. The van der Waals surface area contributed by atoms with Crippen molar-refractivity contribution in [1.29, 1.82) is 0 Å². The number of pyridine rings is 1. The monoisotopic (exact) mass is 451 g/mol. The van der Waals surface area contributed by atoms with Gasteiger partial charge >= 0.3 is 0 Å². The Labute approximate surface area is 189 Å². The van der Waals surface area contributed by atoms with Crippen LogP contribution in [0, 0.1) is 12.7 Å². The van der Waals surface area contributed by atoms with E-state index in [1.54, 1.807) is 35.1 Å². The van der Waals surface area contributed by atoms with Crippen LogP contribution in [0.3, 0.4) is 0 Å².